The molecule has 0 bridgehead atoms. The minimum absolute atomic E-state index is 0.0763. The normalized spacial score (nSPS) is 13.2. The van der Waals surface area contributed by atoms with E-state index in [1.165, 1.54) is 11.3 Å². The third kappa shape index (κ3) is 4.36. The fraction of sp³-hybridized carbons (Fsp3) is 0.333. The molecule has 0 spiro atoms. The molecule has 1 aromatic heterocycles. The van der Waals surface area contributed by atoms with E-state index in [0.717, 1.165) is 4.88 Å². The zero-order valence-corrected chi connectivity index (χ0v) is 15.0. The van der Waals surface area contributed by atoms with E-state index in [1.807, 2.05) is 36.6 Å². The van der Waals surface area contributed by atoms with Gasteiger partial charge in [-0.2, -0.15) is 0 Å². The second kappa shape index (κ2) is 8.31. The molecular formula is C18H20ClNO3S. The van der Waals surface area contributed by atoms with E-state index in [-0.39, 0.29) is 12.5 Å². The van der Waals surface area contributed by atoms with E-state index < -0.39 is 11.4 Å². The van der Waals surface area contributed by atoms with Crippen molar-refractivity contribution in [3.63, 3.8) is 0 Å². The van der Waals surface area contributed by atoms with Crippen LogP contribution in [0.15, 0.2) is 41.8 Å². The molecule has 6 heteroatoms. The fourth-order valence-electron chi connectivity index (χ4n) is 2.60. The lowest BCUT2D eigenvalue weighted by Gasteiger charge is -2.29. The van der Waals surface area contributed by atoms with Crippen LogP contribution in [-0.4, -0.2) is 23.5 Å². The molecule has 0 aliphatic carbocycles. The molecule has 0 fully saturated rings. The smallest absolute Gasteiger partial charge is 0.315 e. The minimum atomic E-state index is -1.11. The first-order valence-corrected chi connectivity index (χ1v) is 9.02. The van der Waals surface area contributed by atoms with Crippen molar-refractivity contribution in [2.45, 2.75) is 31.6 Å². The number of amides is 1. The van der Waals surface area contributed by atoms with Gasteiger partial charge in [0, 0.05) is 23.2 Å². The van der Waals surface area contributed by atoms with Crippen LogP contribution in [0.3, 0.4) is 0 Å². The second-order valence-electron chi connectivity index (χ2n) is 5.61. The van der Waals surface area contributed by atoms with Gasteiger partial charge in [0.25, 0.3) is 0 Å². The van der Waals surface area contributed by atoms with Crippen molar-refractivity contribution < 1.29 is 14.7 Å². The summed E-state index contributed by atoms with van der Waals surface area (Å²) < 4.78 is 0. The monoisotopic (exact) mass is 365 g/mol. The Labute approximate surface area is 150 Å². The molecule has 0 aliphatic rings. The molecule has 1 aromatic carbocycles. The first-order valence-electron chi connectivity index (χ1n) is 7.76. The van der Waals surface area contributed by atoms with Crippen LogP contribution in [0.5, 0.6) is 0 Å². The number of carboxylic acids is 1. The predicted octanol–water partition coefficient (Wildman–Crippen LogP) is 3.88. The summed E-state index contributed by atoms with van der Waals surface area (Å²) >= 11 is 7.38. The molecule has 128 valence electrons. The van der Waals surface area contributed by atoms with Gasteiger partial charge in [-0.05, 0) is 24.5 Å². The molecule has 24 heavy (non-hydrogen) atoms. The lowest BCUT2D eigenvalue weighted by Crippen LogP contribution is -2.46. The van der Waals surface area contributed by atoms with Crippen molar-refractivity contribution in [3.05, 3.63) is 57.2 Å². The summed E-state index contributed by atoms with van der Waals surface area (Å²) in [6, 6.07) is 10.9. The maximum Gasteiger partial charge on any atom is 0.315 e. The third-order valence-corrected chi connectivity index (χ3v) is 5.49. The number of hydrogen-bond acceptors (Lipinski definition) is 3. The van der Waals surface area contributed by atoms with Crippen LogP contribution in [0, 0.1) is 0 Å². The topological polar surface area (TPSA) is 66.4 Å². The van der Waals surface area contributed by atoms with Gasteiger partial charge < -0.3 is 10.4 Å². The summed E-state index contributed by atoms with van der Waals surface area (Å²) in [7, 11) is 0. The molecule has 1 atom stereocenters. The number of carbonyl (C=O) groups excluding carboxylic acids is 1. The summed E-state index contributed by atoms with van der Waals surface area (Å²) in [5.74, 6) is -1.09. The Morgan fingerprint density at radius 3 is 2.54 bits per heavy atom. The average Bonchev–Trinajstić information content (AvgIpc) is 3.00. The van der Waals surface area contributed by atoms with Crippen molar-refractivity contribution in [1.82, 2.24) is 5.32 Å². The number of aliphatic carboxylic acids is 1. The number of nitrogens with one attached hydrogen (secondary N) is 1. The molecule has 1 heterocycles. The lowest BCUT2D eigenvalue weighted by molar-refractivity contribution is -0.144. The van der Waals surface area contributed by atoms with Crippen molar-refractivity contribution in [1.29, 1.82) is 0 Å². The van der Waals surface area contributed by atoms with E-state index in [2.05, 4.69) is 5.32 Å². The predicted molar refractivity (Wildman–Crippen MR) is 96.7 cm³/mol. The molecular weight excluding hydrogens is 346 g/mol. The van der Waals surface area contributed by atoms with Crippen LogP contribution in [0.4, 0.5) is 0 Å². The van der Waals surface area contributed by atoms with Crippen LogP contribution in [0.25, 0.3) is 0 Å². The van der Waals surface area contributed by atoms with Crippen LogP contribution in [-0.2, 0) is 21.4 Å². The van der Waals surface area contributed by atoms with E-state index in [9.17, 15) is 14.7 Å². The Bertz CT molecular complexity index is 701. The Balaban J connectivity index is 2.00. The maximum atomic E-state index is 12.1. The first kappa shape index (κ1) is 18.5. The first-order chi connectivity index (χ1) is 11.5. The molecule has 0 saturated carbocycles. The van der Waals surface area contributed by atoms with Gasteiger partial charge in [0.15, 0.2) is 0 Å². The minimum Gasteiger partial charge on any atom is -0.481 e. The van der Waals surface area contributed by atoms with Gasteiger partial charge in [-0.25, -0.2) is 0 Å². The number of hydrogen-bond donors (Lipinski definition) is 2. The summed E-state index contributed by atoms with van der Waals surface area (Å²) in [6.45, 7) is 1.90. The summed E-state index contributed by atoms with van der Waals surface area (Å²) in [5.41, 5.74) is -0.409. The average molecular weight is 366 g/mol. The highest BCUT2D eigenvalue weighted by Gasteiger charge is 2.38. The summed E-state index contributed by atoms with van der Waals surface area (Å²) in [6.07, 6.45) is 1.30. The Morgan fingerprint density at radius 1 is 1.29 bits per heavy atom. The SMILES string of the molecule is CCC(CNC(=O)CCc1cc(Cl)cs1)(C(=O)O)c1ccccc1. The van der Waals surface area contributed by atoms with Crippen molar-refractivity contribution in [2.24, 2.45) is 0 Å². The molecule has 2 aromatic rings. The Kier molecular flexibility index (Phi) is 6.40. The number of halogens is 1. The van der Waals surface area contributed by atoms with Crippen LogP contribution < -0.4 is 5.32 Å². The molecule has 2 rings (SSSR count). The molecule has 2 N–H and O–H groups in total. The van der Waals surface area contributed by atoms with Gasteiger partial charge >= 0.3 is 5.97 Å². The highest BCUT2D eigenvalue weighted by molar-refractivity contribution is 7.10. The van der Waals surface area contributed by atoms with Crippen LogP contribution >= 0.6 is 22.9 Å². The third-order valence-electron chi connectivity index (χ3n) is 4.15. The zero-order chi connectivity index (χ0) is 17.6. The summed E-state index contributed by atoms with van der Waals surface area (Å²) in [5, 5.41) is 15.0. The van der Waals surface area contributed by atoms with Gasteiger partial charge in [-0.3, -0.25) is 9.59 Å². The standard InChI is InChI=1S/C18H20ClNO3S/c1-2-18(17(22)23,13-6-4-3-5-7-13)12-20-16(21)9-8-15-10-14(19)11-24-15/h3-7,10-11H,2,8-9,12H2,1H3,(H,20,21)(H,22,23). The van der Waals surface area contributed by atoms with Gasteiger partial charge in [0.05, 0.1) is 5.02 Å². The van der Waals surface area contributed by atoms with Gasteiger partial charge in [0.1, 0.15) is 5.41 Å². The lowest BCUT2D eigenvalue weighted by atomic mass is 9.78. The summed E-state index contributed by atoms with van der Waals surface area (Å²) in [4.78, 5) is 25.0. The van der Waals surface area contributed by atoms with E-state index in [1.54, 1.807) is 12.1 Å². The second-order valence-corrected chi connectivity index (χ2v) is 7.05. The highest BCUT2D eigenvalue weighted by atomic mass is 35.5. The number of carboxylic acid groups (broad SMARTS) is 1. The maximum absolute atomic E-state index is 12.1. The molecule has 1 amide bonds. The van der Waals surface area contributed by atoms with E-state index in [4.69, 9.17) is 11.6 Å². The number of rotatable bonds is 8. The van der Waals surface area contributed by atoms with Crippen molar-refractivity contribution >= 4 is 34.8 Å². The van der Waals surface area contributed by atoms with Crippen molar-refractivity contribution in [3.8, 4) is 0 Å². The Hall–Kier alpha value is -1.85. The molecule has 1 unspecified atom stereocenters. The van der Waals surface area contributed by atoms with Crippen LogP contribution in [0.2, 0.25) is 5.02 Å². The highest BCUT2D eigenvalue weighted by Crippen LogP contribution is 2.28. The van der Waals surface area contributed by atoms with Crippen LogP contribution in [0.1, 0.15) is 30.2 Å². The van der Waals surface area contributed by atoms with Crippen molar-refractivity contribution in [2.75, 3.05) is 6.54 Å². The number of aryl methyl sites for hydroxylation is 1. The molecule has 4 nitrogen and oxygen atoms in total. The van der Waals surface area contributed by atoms with E-state index >= 15 is 0 Å². The number of thiophene rings is 1. The quantitative estimate of drug-likeness (QED) is 0.746. The molecule has 0 aliphatic heterocycles. The largest absolute Gasteiger partial charge is 0.481 e. The zero-order valence-electron chi connectivity index (χ0n) is 13.4. The van der Waals surface area contributed by atoms with Gasteiger partial charge in [0.2, 0.25) is 5.91 Å². The van der Waals surface area contributed by atoms with Gasteiger partial charge in [-0.15, -0.1) is 11.3 Å². The molecule has 0 saturated heterocycles. The number of carbonyl (C=O) groups is 2. The van der Waals surface area contributed by atoms with Gasteiger partial charge in [-0.1, -0.05) is 48.9 Å². The fourth-order valence-corrected chi connectivity index (χ4v) is 3.68. The number of benzene rings is 1. The molecule has 0 radical (unpaired) electrons. The Morgan fingerprint density at radius 2 is 2.00 bits per heavy atom. The van der Waals surface area contributed by atoms with E-state index in [0.29, 0.717) is 29.8 Å².